The van der Waals surface area contributed by atoms with E-state index >= 15 is 0 Å². The highest BCUT2D eigenvalue weighted by atomic mass is 16.5. The smallest absolute Gasteiger partial charge is 0.225 e. The first-order valence-corrected chi connectivity index (χ1v) is 6.86. The molecule has 0 radical (unpaired) electrons. The molecule has 0 aromatic heterocycles. The molecule has 1 aliphatic carbocycles. The third kappa shape index (κ3) is 2.33. The zero-order valence-electron chi connectivity index (χ0n) is 10.4. The van der Waals surface area contributed by atoms with Crippen LogP contribution < -0.4 is 5.73 Å². The molecule has 1 unspecified atom stereocenters. The molecule has 96 valence electrons. The maximum absolute atomic E-state index is 12.0. The lowest BCUT2D eigenvalue weighted by molar-refractivity contribution is -0.143. The Hall–Kier alpha value is -0.610. The molecule has 4 nitrogen and oxygen atoms in total. The van der Waals surface area contributed by atoms with Gasteiger partial charge in [0.05, 0.1) is 18.1 Å². The van der Waals surface area contributed by atoms with Crippen LogP contribution >= 0.6 is 0 Å². The third-order valence-corrected chi connectivity index (χ3v) is 4.39. The van der Waals surface area contributed by atoms with Gasteiger partial charge in [0.2, 0.25) is 5.91 Å². The second-order valence-electron chi connectivity index (χ2n) is 5.95. The fourth-order valence-corrected chi connectivity index (χ4v) is 3.05. The van der Waals surface area contributed by atoms with E-state index in [4.69, 9.17) is 10.5 Å². The normalized spacial score (nSPS) is 32.1. The summed E-state index contributed by atoms with van der Waals surface area (Å²) in [5.41, 5.74) is 6.19. The molecular weight excluding hydrogens is 216 g/mol. The Morgan fingerprint density at radius 3 is 2.65 bits per heavy atom. The van der Waals surface area contributed by atoms with E-state index in [2.05, 4.69) is 0 Å². The number of amides is 1. The summed E-state index contributed by atoms with van der Waals surface area (Å²) in [6.07, 6.45) is 6.60. The maximum Gasteiger partial charge on any atom is 0.225 e. The van der Waals surface area contributed by atoms with Crippen LogP contribution in [0.3, 0.4) is 0 Å². The Labute approximate surface area is 102 Å². The second kappa shape index (κ2) is 4.25. The van der Waals surface area contributed by atoms with Crippen LogP contribution in [0.15, 0.2) is 0 Å². The Morgan fingerprint density at radius 2 is 2.06 bits per heavy atom. The van der Waals surface area contributed by atoms with Gasteiger partial charge in [0, 0.05) is 19.7 Å². The van der Waals surface area contributed by atoms with Gasteiger partial charge >= 0.3 is 0 Å². The first-order valence-electron chi connectivity index (χ1n) is 6.86. The predicted octanol–water partition coefficient (Wildman–Crippen LogP) is 0.895. The molecule has 2 saturated heterocycles. The number of carbonyl (C=O) groups excluding carboxylic acids is 1. The van der Waals surface area contributed by atoms with Gasteiger partial charge in [-0.3, -0.25) is 4.79 Å². The number of hydrogen-bond acceptors (Lipinski definition) is 3. The highest BCUT2D eigenvalue weighted by Gasteiger charge is 2.51. The number of carbonyl (C=O) groups is 1. The van der Waals surface area contributed by atoms with E-state index in [0.29, 0.717) is 12.3 Å². The van der Waals surface area contributed by atoms with Gasteiger partial charge in [-0.05, 0) is 38.0 Å². The molecule has 1 atom stereocenters. The molecule has 1 amide bonds. The quantitative estimate of drug-likeness (QED) is 0.794. The second-order valence-corrected chi connectivity index (χ2v) is 5.95. The lowest BCUT2D eigenvalue weighted by atomic mass is 9.85. The molecule has 2 aliphatic heterocycles. The molecule has 0 aromatic carbocycles. The van der Waals surface area contributed by atoms with Crippen molar-refractivity contribution in [3.63, 3.8) is 0 Å². The van der Waals surface area contributed by atoms with E-state index < -0.39 is 0 Å². The molecule has 3 aliphatic rings. The summed E-state index contributed by atoms with van der Waals surface area (Å²) in [7, 11) is 0. The van der Waals surface area contributed by atoms with Crippen LogP contribution in [0.5, 0.6) is 0 Å². The van der Waals surface area contributed by atoms with Crippen LogP contribution in [0.4, 0.5) is 0 Å². The minimum atomic E-state index is -0.0525. The van der Waals surface area contributed by atoms with Crippen molar-refractivity contribution < 1.29 is 9.53 Å². The van der Waals surface area contributed by atoms with Gasteiger partial charge < -0.3 is 15.4 Å². The monoisotopic (exact) mass is 238 g/mol. The van der Waals surface area contributed by atoms with Crippen LogP contribution in [0, 0.1) is 5.92 Å². The summed E-state index contributed by atoms with van der Waals surface area (Å²) in [6.45, 7) is 2.35. The fourth-order valence-electron chi connectivity index (χ4n) is 3.05. The van der Waals surface area contributed by atoms with Crippen molar-refractivity contribution in [2.45, 2.75) is 50.2 Å². The van der Waals surface area contributed by atoms with Gasteiger partial charge in [-0.25, -0.2) is 0 Å². The minimum Gasteiger partial charge on any atom is -0.378 e. The molecule has 0 bridgehead atoms. The van der Waals surface area contributed by atoms with E-state index in [1.807, 2.05) is 4.90 Å². The summed E-state index contributed by atoms with van der Waals surface area (Å²) in [5.74, 6) is 0.913. The Morgan fingerprint density at radius 1 is 1.29 bits per heavy atom. The van der Waals surface area contributed by atoms with Gasteiger partial charge in [0.1, 0.15) is 0 Å². The van der Waals surface area contributed by atoms with Gasteiger partial charge in [0.25, 0.3) is 0 Å². The van der Waals surface area contributed by atoms with Crippen molar-refractivity contribution in [2.24, 2.45) is 11.7 Å². The van der Waals surface area contributed by atoms with Gasteiger partial charge in [-0.1, -0.05) is 0 Å². The summed E-state index contributed by atoms with van der Waals surface area (Å²) in [4.78, 5) is 13.9. The number of rotatable bonds is 3. The molecule has 3 rings (SSSR count). The summed E-state index contributed by atoms with van der Waals surface area (Å²) >= 11 is 0. The summed E-state index contributed by atoms with van der Waals surface area (Å²) in [6, 6.07) is 0. The molecular formula is C13H22N2O2. The molecule has 2 heterocycles. The van der Waals surface area contributed by atoms with Crippen LogP contribution in [0.2, 0.25) is 0 Å². The highest BCUT2D eigenvalue weighted by molar-refractivity contribution is 5.78. The van der Waals surface area contributed by atoms with Gasteiger partial charge in [-0.2, -0.15) is 0 Å². The molecule has 17 heavy (non-hydrogen) atoms. The van der Waals surface area contributed by atoms with Gasteiger partial charge in [-0.15, -0.1) is 0 Å². The predicted molar refractivity (Wildman–Crippen MR) is 64.4 cm³/mol. The molecule has 4 heteroatoms. The van der Waals surface area contributed by atoms with E-state index in [1.54, 1.807) is 0 Å². The standard InChI is InChI=1S/C13H22N2O2/c14-13(10-4-5-10)8-15(9-13)12(16)7-11-3-1-2-6-17-11/h10-11H,1-9,14H2. The van der Waals surface area contributed by atoms with Crippen LogP contribution in [0.25, 0.3) is 0 Å². The number of nitrogens with two attached hydrogens (primary N) is 1. The van der Waals surface area contributed by atoms with Crippen molar-refractivity contribution in [3.8, 4) is 0 Å². The maximum atomic E-state index is 12.0. The summed E-state index contributed by atoms with van der Waals surface area (Å²) in [5, 5.41) is 0. The third-order valence-electron chi connectivity index (χ3n) is 4.39. The van der Waals surface area contributed by atoms with E-state index in [9.17, 15) is 4.79 Å². The van der Waals surface area contributed by atoms with E-state index in [1.165, 1.54) is 19.3 Å². The molecule has 3 fully saturated rings. The largest absolute Gasteiger partial charge is 0.378 e. The van der Waals surface area contributed by atoms with Gasteiger partial charge in [0.15, 0.2) is 0 Å². The number of nitrogens with zero attached hydrogens (tertiary/aromatic N) is 1. The molecule has 2 N–H and O–H groups in total. The Kier molecular flexibility index (Phi) is 2.87. The number of hydrogen-bond donors (Lipinski definition) is 1. The highest BCUT2D eigenvalue weighted by Crippen LogP contribution is 2.43. The van der Waals surface area contributed by atoms with Crippen molar-refractivity contribution in [1.82, 2.24) is 4.90 Å². The average molecular weight is 238 g/mol. The Balaban J connectivity index is 1.44. The van der Waals surface area contributed by atoms with Crippen LogP contribution in [-0.4, -0.2) is 42.1 Å². The average Bonchev–Trinajstić information content (AvgIpc) is 3.10. The van der Waals surface area contributed by atoms with Crippen molar-refractivity contribution in [2.75, 3.05) is 19.7 Å². The fraction of sp³-hybridized carbons (Fsp3) is 0.923. The zero-order chi connectivity index (χ0) is 11.9. The van der Waals surface area contributed by atoms with Crippen LogP contribution in [0.1, 0.15) is 38.5 Å². The SMILES string of the molecule is NC1(C2CC2)CN(C(=O)CC2CCCCO2)C1. The van der Waals surface area contributed by atoms with E-state index in [0.717, 1.165) is 32.5 Å². The first-order chi connectivity index (χ1) is 8.17. The lowest BCUT2D eigenvalue weighted by Gasteiger charge is -2.48. The topological polar surface area (TPSA) is 55.6 Å². The van der Waals surface area contributed by atoms with Crippen molar-refractivity contribution in [1.29, 1.82) is 0 Å². The molecule has 0 spiro atoms. The summed E-state index contributed by atoms with van der Waals surface area (Å²) < 4.78 is 5.60. The number of likely N-dealkylation sites (tertiary alicyclic amines) is 1. The Bertz CT molecular complexity index is 303. The zero-order valence-corrected chi connectivity index (χ0v) is 10.4. The van der Waals surface area contributed by atoms with Crippen molar-refractivity contribution >= 4 is 5.91 Å². The number of ether oxygens (including phenoxy) is 1. The first kappa shape index (κ1) is 11.5. The molecule has 1 saturated carbocycles. The van der Waals surface area contributed by atoms with Crippen LogP contribution in [-0.2, 0) is 9.53 Å². The molecule has 0 aromatic rings. The minimum absolute atomic E-state index is 0.0525. The van der Waals surface area contributed by atoms with Crippen molar-refractivity contribution in [3.05, 3.63) is 0 Å². The lowest BCUT2D eigenvalue weighted by Crippen LogP contribution is -2.70. The van der Waals surface area contributed by atoms with E-state index in [-0.39, 0.29) is 17.6 Å².